The van der Waals surface area contributed by atoms with E-state index in [0.29, 0.717) is 0 Å². The van der Waals surface area contributed by atoms with Gasteiger partial charge in [0.2, 0.25) is 11.9 Å². The Kier molecular flexibility index (Phi) is 2.04. The van der Waals surface area contributed by atoms with E-state index in [9.17, 15) is 14.7 Å². The molecule has 0 saturated carbocycles. The van der Waals surface area contributed by atoms with Crippen molar-refractivity contribution in [1.29, 1.82) is 0 Å². The number of rotatable bonds is 2. The summed E-state index contributed by atoms with van der Waals surface area (Å²) in [4.78, 5) is 24.0. The van der Waals surface area contributed by atoms with E-state index in [0.717, 1.165) is 0 Å². The largest absolute Gasteiger partial charge is 0.542 e. The zero-order chi connectivity index (χ0) is 9.14. The third-order valence-corrected chi connectivity index (χ3v) is 0.967. The molecule has 0 aromatic carbocycles. The van der Waals surface area contributed by atoms with Crippen molar-refractivity contribution < 1.29 is 14.7 Å². The number of H-pyrrole nitrogens is 1. The number of nitrogens with zero attached hydrogens (tertiary/aromatic N) is 2. The third kappa shape index (κ3) is 1.78. The molecule has 2 N–H and O–H groups in total. The van der Waals surface area contributed by atoms with Crippen molar-refractivity contribution in [2.45, 2.75) is 6.92 Å². The van der Waals surface area contributed by atoms with Gasteiger partial charge in [0.15, 0.2) is 5.82 Å². The second-order valence-corrected chi connectivity index (χ2v) is 1.98. The van der Waals surface area contributed by atoms with Crippen molar-refractivity contribution in [3.8, 4) is 0 Å². The molecule has 12 heavy (non-hydrogen) atoms. The molecule has 0 unspecified atom stereocenters. The molecule has 64 valence electrons. The number of carboxylic acid groups (broad SMARTS) is 1. The highest BCUT2D eigenvalue weighted by Crippen LogP contribution is 1.96. The second kappa shape index (κ2) is 2.99. The Labute approximate surface area is 66.8 Å². The maximum Gasteiger partial charge on any atom is 0.249 e. The summed E-state index contributed by atoms with van der Waals surface area (Å²) in [6.07, 6.45) is 0. The van der Waals surface area contributed by atoms with Crippen LogP contribution in [0.5, 0.6) is 0 Å². The Morgan fingerprint density at radius 1 is 1.58 bits per heavy atom. The van der Waals surface area contributed by atoms with Crippen LogP contribution >= 0.6 is 0 Å². The van der Waals surface area contributed by atoms with E-state index >= 15 is 0 Å². The standard InChI is InChI=1S/C5H6N4O3/c1-2(10)6-5-7-3(4(11)12)8-9-5/h1H3,(H,11,12)(H2,6,7,8,9,10)/p-1. The first-order valence-corrected chi connectivity index (χ1v) is 3.01. The number of aromatic carboxylic acids is 1. The van der Waals surface area contributed by atoms with Gasteiger partial charge < -0.3 is 9.90 Å². The molecule has 1 rings (SSSR count). The van der Waals surface area contributed by atoms with Crippen molar-refractivity contribution >= 4 is 17.8 Å². The number of aromatic amines is 1. The zero-order valence-corrected chi connectivity index (χ0v) is 6.12. The van der Waals surface area contributed by atoms with Crippen LogP contribution in [0.2, 0.25) is 0 Å². The molecule has 0 fully saturated rings. The first-order chi connectivity index (χ1) is 5.59. The normalized spacial score (nSPS) is 9.42. The molecule has 1 amide bonds. The number of aromatic nitrogens is 3. The Hall–Kier alpha value is -1.92. The van der Waals surface area contributed by atoms with E-state index in [1.165, 1.54) is 6.92 Å². The number of anilines is 1. The molecule has 0 aliphatic rings. The summed E-state index contributed by atoms with van der Waals surface area (Å²) in [6, 6.07) is 0. The molecule has 1 aromatic heterocycles. The number of amides is 1. The van der Waals surface area contributed by atoms with E-state index < -0.39 is 11.8 Å². The molecule has 1 heterocycles. The fourth-order valence-corrected chi connectivity index (χ4v) is 0.566. The van der Waals surface area contributed by atoms with E-state index in [-0.39, 0.29) is 11.9 Å². The molecule has 0 saturated heterocycles. The maximum absolute atomic E-state index is 10.4. The van der Waals surface area contributed by atoms with E-state index in [4.69, 9.17) is 0 Å². The summed E-state index contributed by atoms with van der Waals surface area (Å²) in [5.41, 5.74) is 0. The number of carboxylic acids is 1. The minimum absolute atomic E-state index is 0.0818. The number of hydrogen-bond acceptors (Lipinski definition) is 5. The molecule has 1 aromatic rings. The van der Waals surface area contributed by atoms with Crippen LogP contribution in [-0.2, 0) is 4.79 Å². The quantitative estimate of drug-likeness (QED) is 0.538. The SMILES string of the molecule is CC(=O)Nc1n[nH]c(C(=O)[O-])n1. The highest BCUT2D eigenvalue weighted by Gasteiger charge is 2.03. The number of nitrogens with one attached hydrogen (secondary N) is 2. The fourth-order valence-electron chi connectivity index (χ4n) is 0.566. The Morgan fingerprint density at radius 2 is 2.25 bits per heavy atom. The van der Waals surface area contributed by atoms with Crippen molar-refractivity contribution in [2.24, 2.45) is 0 Å². The highest BCUT2D eigenvalue weighted by atomic mass is 16.4. The van der Waals surface area contributed by atoms with E-state index in [2.05, 4.69) is 20.5 Å². The van der Waals surface area contributed by atoms with Crippen LogP contribution in [0.4, 0.5) is 5.95 Å². The van der Waals surface area contributed by atoms with Crippen LogP contribution in [0, 0.1) is 0 Å². The minimum Gasteiger partial charge on any atom is -0.542 e. The summed E-state index contributed by atoms with van der Waals surface area (Å²) in [7, 11) is 0. The number of carbonyl (C=O) groups excluding carboxylic acids is 2. The Morgan fingerprint density at radius 3 is 2.67 bits per heavy atom. The van der Waals surface area contributed by atoms with Crippen LogP contribution in [0.3, 0.4) is 0 Å². The first kappa shape index (κ1) is 8.18. The predicted octanol–water partition coefficient (Wildman–Crippen LogP) is -1.87. The fraction of sp³-hybridized carbons (Fsp3) is 0.200. The van der Waals surface area contributed by atoms with Crippen molar-refractivity contribution in [3.63, 3.8) is 0 Å². The van der Waals surface area contributed by atoms with Gasteiger partial charge in [0.25, 0.3) is 0 Å². The van der Waals surface area contributed by atoms with Gasteiger partial charge in [0.05, 0.1) is 0 Å². The lowest BCUT2D eigenvalue weighted by atomic mass is 10.6. The Balaban J connectivity index is 2.77. The third-order valence-electron chi connectivity index (χ3n) is 0.967. The van der Waals surface area contributed by atoms with Gasteiger partial charge in [-0.25, -0.2) is 0 Å². The summed E-state index contributed by atoms with van der Waals surface area (Å²) in [5, 5.41) is 17.8. The minimum atomic E-state index is -1.47. The molecule has 0 radical (unpaired) electrons. The molecular weight excluding hydrogens is 164 g/mol. The lowest BCUT2D eigenvalue weighted by Gasteiger charge is -1.92. The van der Waals surface area contributed by atoms with Gasteiger partial charge >= 0.3 is 0 Å². The van der Waals surface area contributed by atoms with Crippen LogP contribution < -0.4 is 10.4 Å². The molecule has 0 bridgehead atoms. The topological polar surface area (TPSA) is 111 Å². The van der Waals surface area contributed by atoms with Crippen LogP contribution in [0.1, 0.15) is 17.5 Å². The van der Waals surface area contributed by atoms with Crippen LogP contribution in [0.25, 0.3) is 0 Å². The van der Waals surface area contributed by atoms with Gasteiger partial charge in [-0.3, -0.25) is 15.2 Å². The highest BCUT2D eigenvalue weighted by molar-refractivity contribution is 5.87. The van der Waals surface area contributed by atoms with Gasteiger partial charge in [-0.2, -0.15) is 4.98 Å². The summed E-state index contributed by atoms with van der Waals surface area (Å²) >= 11 is 0. The van der Waals surface area contributed by atoms with Gasteiger partial charge in [0.1, 0.15) is 5.97 Å². The first-order valence-electron chi connectivity index (χ1n) is 3.01. The Bertz CT molecular complexity index is 318. The van der Waals surface area contributed by atoms with Gasteiger partial charge in [0, 0.05) is 6.92 Å². The average Bonchev–Trinajstić information content (AvgIpc) is 2.34. The smallest absolute Gasteiger partial charge is 0.249 e. The lowest BCUT2D eigenvalue weighted by Crippen LogP contribution is -2.23. The number of carbonyl (C=O) groups is 2. The lowest BCUT2D eigenvalue weighted by molar-refractivity contribution is -0.256. The van der Waals surface area contributed by atoms with Crippen LogP contribution in [0.15, 0.2) is 0 Å². The summed E-state index contributed by atoms with van der Waals surface area (Å²) in [5.74, 6) is -2.35. The molecule has 0 aliphatic heterocycles. The number of hydrogen-bond donors (Lipinski definition) is 2. The van der Waals surface area contributed by atoms with Gasteiger partial charge in [-0.1, -0.05) is 0 Å². The predicted molar refractivity (Wildman–Crippen MR) is 35.0 cm³/mol. The molecule has 0 atom stereocenters. The van der Waals surface area contributed by atoms with E-state index in [1.54, 1.807) is 0 Å². The van der Waals surface area contributed by atoms with E-state index in [1.807, 2.05) is 0 Å². The van der Waals surface area contributed by atoms with Crippen molar-refractivity contribution in [1.82, 2.24) is 15.2 Å². The molecule has 0 spiro atoms. The maximum atomic E-state index is 10.4. The van der Waals surface area contributed by atoms with Crippen LogP contribution in [-0.4, -0.2) is 27.1 Å². The molecule has 7 nitrogen and oxygen atoms in total. The monoisotopic (exact) mass is 169 g/mol. The van der Waals surface area contributed by atoms with Gasteiger partial charge in [-0.15, -0.1) is 5.10 Å². The summed E-state index contributed by atoms with van der Waals surface area (Å²) < 4.78 is 0. The molecule has 0 aliphatic carbocycles. The van der Waals surface area contributed by atoms with Crippen molar-refractivity contribution in [3.05, 3.63) is 5.82 Å². The van der Waals surface area contributed by atoms with Crippen molar-refractivity contribution in [2.75, 3.05) is 5.32 Å². The summed E-state index contributed by atoms with van der Waals surface area (Å²) in [6.45, 7) is 1.26. The zero-order valence-electron chi connectivity index (χ0n) is 6.12. The molecule has 7 heteroatoms. The second-order valence-electron chi connectivity index (χ2n) is 1.98. The molecular formula is C5H5N4O3-. The van der Waals surface area contributed by atoms with Gasteiger partial charge in [-0.05, 0) is 0 Å². The average molecular weight is 169 g/mol.